The van der Waals surface area contributed by atoms with Crippen molar-refractivity contribution in [3.63, 3.8) is 0 Å². The predicted molar refractivity (Wildman–Crippen MR) is 69.3 cm³/mol. The Balaban J connectivity index is 3.78. The molecule has 0 aliphatic rings. The standard InChI is InChI=1S/C13H30N2/c1-6-12(4)11-13(14-5)9-10-15(7-2)8-3/h12-14H,6-11H2,1-5H3. The molecule has 2 heteroatoms. The van der Waals surface area contributed by atoms with E-state index < -0.39 is 0 Å². The van der Waals surface area contributed by atoms with E-state index in [0.29, 0.717) is 6.04 Å². The minimum absolute atomic E-state index is 0.695. The van der Waals surface area contributed by atoms with Crippen LogP contribution in [0.2, 0.25) is 0 Å². The van der Waals surface area contributed by atoms with Gasteiger partial charge in [0.25, 0.3) is 0 Å². The Morgan fingerprint density at radius 3 is 2.13 bits per heavy atom. The molecule has 0 spiro atoms. The maximum absolute atomic E-state index is 3.44. The zero-order valence-corrected chi connectivity index (χ0v) is 11.3. The predicted octanol–water partition coefficient (Wildman–Crippen LogP) is 2.74. The SMILES string of the molecule is CCC(C)CC(CCN(CC)CC)NC. The fourth-order valence-electron chi connectivity index (χ4n) is 1.91. The van der Waals surface area contributed by atoms with Gasteiger partial charge in [0, 0.05) is 6.04 Å². The third-order valence-corrected chi connectivity index (χ3v) is 3.48. The molecule has 0 fully saturated rings. The van der Waals surface area contributed by atoms with E-state index in [2.05, 4.69) is 45.0 Å². The molecule has 0 radical (unpaired) electrons. The second-order valence-corrected chi connectivity index (χ2v) is 4.55. The van der Waals surface area contributed by atoms with Gasteiger partial charge in [-0.1, -0.05) is 34.1 Å². The maximum atomic E-state index is 3.44. The van der Waals surface area contributed by atoms with Crippen molar-refractivity contribution in [2.24, 2.45) is 5.92 Å². The van der Waals surface area contributed by atoms with E-state index in [0.717, 1.165) is 5.92 Å². The molecule has 2 unspecified atom stereocenters. The summed E-state index contributed by atoms with van der Waals surface area (Å²) < 4.78 is 0. The van der Waals surface area contributed by atoms with Crippen LogP contribution in [0.4, 0.5) is 0 Å². The second-order valence-electron chi connectivity index (χ2n) is 4.55. The Labute approximate surface area is 96.4 Å². The Hall–Kier alpha value is -0.0800. The quantitative estimate of drug-likeness (QED) is 0.635. The largest absolute Gasteiger partial charge is 0.317 e. The molecule has 0 amide bonds. The van der Waals surface area contributed by atoms with Crippen LogP contribution in [0, 0.1) is 5.92 Å². The van der Waals surface area contributed by atoms with Gasteiger partial charge in [0.1, 0.15) is 0 Å². The molecule has 92 valence electrons. The first-order valence-corrected chi connectivity index (χ1v) is 6.57. The van der Waals surface area contributed by atoms with E-state index in [1.54, 1.807) is 0 Å². The zero-order valence-electron chi connectivity index (χ0n) is 11.3. The van der Waals surface area contributed by atoms with Crippen molar-refractivity contribution in [1.29, 1.82) is 0 Å². The van der Waals surface area contributed by atoms with Gasteiger partial charge in [-0.3, -0.25) is 0 Å². The third kappa shape index (κ3) is 6.91. The lowest BCUT2D eigenvalue weighted by Gasteiger charge is -2.24. The minimum atomic E-state index is 0.695. The van der Waals surface area contributed by atoms with Crippen molar-refractivity contribution < 1.29 is 0 Å². The normalized spacial score (nSPS) is 15.6. The molecule has 0 bridgehead atoms. The van der Waals surface area contributed by atoms with Gasteiger partial charge in [-0.2, -0.15) is 0 Å². The van der Waals surface area contributed by atoms with Crippen LogP contribution in [0.25, 0.3) is 0 Å². The van der Waals surface area contributed by atoms with Crippen LogP contribution in [0.3, 0.4) is 0 Å². The summed E-state index contributed by atoms with van der Waals surface area (Å²) in [5, 5.41) is 3.44. The number of nitrogens with one attached hydrogen (secondary N) is 1. The topological polar surface area (TPSA) is 15.3 Å². The molecule has 0 saturated heterocycles. The van der Waals surface area contributed by atoms with E-state index in [9.17, 15) is 0 Å². The van der Waals surface area contributed by atoms with Crippen LogP contribution in [0.5, 0.6) is 0 Å². The summed E-state index contributed by atoms with van der Waals surface area (Å²) in [7, 11) is 2.09. The fraction of sp³-hybridized carbons (Fsp3) is 1.00. The smallest absolute Gasteiger partial charge is 0.00787 e. The Kier molecular flexibility index (Phi) is 9.12. The summed E-state index contributed by atoms with van der Waals surface area (Å²) in [6.45, 7) is 12.7. The highest BCUT2D eigenvalue weighted by molar-refractivity contribution is 4.69. The Morgan fingerprint density at radius 2 is 1.73 bits per heavy atom. The molecule has 0 heterocycles. The van der Waals surface area contributed by atoms with Crippen molar-refractivity contribution in [2.45, 2.75) is 53.0 Å². The highest BCUT2D eigenvalue weighted by Gasteiger charge is 2.11. The van der Waals surface area contributed by atoms with Crippen molar-refractivity contribution in [2.75, 3.05) is 26.7 Å². The van der Waals surface area contributed by atoms with E-state index in [1.165, 1.54) is 38.9 Å². The van der Waals surface area contributed by atoms with Crippen LogP contribution in [-0.2, 0) is 0 Å². The number of hydrogen-bond acceptors (Lipinski definition) is 2. The Bertz CT molecular complexity index is 132. The van der Waals surface area contributed by atoms with Crippen molar-refractivity contribution >= 4 is 0 Å². The van der Waals surface area contributed by atoms with Crippen LogP contribution < -0.4 is 5.32 Å². The second kappa shape index (κ2) is 9.17. The summed E-state index contributed by atoms with van der Waals surface area (Å²) >= 11 is 0. The Morgan fingerprint density at radius 1 is 1.13 bits per heavy atom. The number of hydrogen-bond donors (Lipinski definition) is 1. The van der Waals surface area contributed by atoms with Crippen LogP contribution in [0.1, 0.15) is 47.0 Å². The summed E-state index contributed by atoms with van der Waals surface area (Å²) in [5.41, 5.74) is 0. The lowest BCUT2D eigenvalue weighted by Crippen LogP contribution is -2.33. The molecule has 0 aromatic heterocycles. The van der Waals surface area contributed by atoms with Gasteiger partial charge in [0.05, 0.1) is 0 Å². The summed E-state index contributed by atoms with van der Waals surface area (Å²) in [6.07, 6.45) is 3.89. The van der Waals surface area contributed by atoms with E-state index in [1.807, 2.05) is 0 Å². The lowest BCUT2D eigenvalue weighted by atomic mass is 9.97. The van der Waals surface area contributed by atoms with E-state index in [-0.39, 0.29) is 0 Å². The average Bonchev–Trinajstić information content (AvgIpc) is 2.28. The molecule has 0 aliphatic carbocycles. The first-order chi connectivity index (χ1) is 7.17. The highest BCUT2D eigenvalue weighted by atomic mass is 15.1. The van der Waals surface area contributed by atoms with Crippen molar-refractivity contribution in [3.05, 3.63) is 0 Å². The van der Waals surface area contributed by atoms with Crippen LogP contribution >= 0.6 is 0 Å². The van der Waals surface area contributed by atoms with Gasteiger partial charge in [0.2, 0.25) is 0 Å². The van der Waals surface area contributed by atoms with Gasteiger partial charge in [0.15, 0.2) is 0 Å². The molecule has 0 aliphatic heterocycles. The van der Waals surface area contributed by atoms with Gasteiger partial charge < -0.3 is 10.2 Å². The third-order valence-electron chi connectivity index (χ3n) is 3.48. The first-order valence-electron chi connectivity index (χ1n) is 6.57. The lowest BCUT2D eigenvalue weighted by molar-refractivity contribution is 0.272. The first kappa shape index (κ1) is 14.9. The van der Waals surface area contributed by atoms with Crippen molar-refractivity contribution in [1.82, 2.24) is 10.2 Å². The van der Waals surface area contributed by atoms with E-state index in [4.69, 9.17) is 0 Å². The van der Waals surface area contributed by atoms with Crippen molar-refractivity contribution in [3.8, 4) is 0 Å². The van der Waals surface area contributed by atoms with Crippen LogP contribution in [0.15, 0.2) is 0 Å². The molecule has 2 atom stereocenters. The fourth-order valence-corrected chi connectivity index (χ4v) is 1.91. The summed E-state index contributed by atoms with van der Waals surface area (Å²) in [6, 6.07) is 0.695. The monoisotopic (exact) mass is 214 g/mol. The minimum Gasteiger partial charge on any atom is -0.317 e. The number of rotatable bonds is 9. The maximum Gasteiger partial charge on any atom is 0.00787 e. The molecular weight excluding hydrogens is 184 g/mol. The van der Waals surface area contributed by atoms with Gasteiger partial charge in [-0.15, -0.1) is 0 Å². The van der Waals surface area contributed by atoms with Gasteiger partial charge in [-0.05, 0) is 45.4 Å². The number of nitrogens with zero attached hydrogens (tertiary/aromatic N) is 1. The van der Waals surface area contributed by atoms with E-state index >= 15 is 0 Å². The molecule has 0 saturated carbocycles. The molecule has 0 rings (SSSR count). The molecule has 0 aromatic rings. The van der Waals surface area contributed by atoms with Crippen LogP contribution in [-0.4, -0.2) is 37.6 Å². The summed E-state index contributed by atoms with van der Waals surface area (Å²) in [5.74, 6) is 0.846. The molecule has 1 N–H and O–H groups in total. The summed E-state index contributed by atoms with van der Waals surface area (Å²) in [4.78, 5) is 2.50. The molecule has 2 nitrogen and oxygen atoms in total. The highest BCUT2D eigenvalue weighted by Crippen LogP contribution is 2.12. The van der Waals surface area contributed by atoms with Gasteiger partial charge >= 0.3 is 0 Å². The molecular formula is C13H30N2. The zero-order chi connectivity index (χ0) is 11.7. The molecule has 0 aromatic carbocycles. The molecule has 15 heavy (non-hydrogen) atoms. The average molecular weight is 214 g/mol. The van der Waals surface area contributed by atoms with Gasteiger partial charge in [-0.25, -0.2) is 0 Å².